The largest absolute Gasteiger partial charge is 0.406 e. The second-order valence-corrected chi connectivity index (χ2v) is 5.32. The SMILES string of the molecule is CC(C)CN(CC(F)(F)F)C(=O)c1sccc1N. The molecule has 0 aliphatic rings. The van der Waals surface area contributed by atoms with Gasteiger partial charge in [-0.3, -0.25) is 4.79 Å². The van der Waals surface area contributed by atoms with E-state index in [0.717, 1.165) is 16.2 Å². The molecule has 0 saturated heterocycles. The molecule has 0 bridgehead atoms. The van der Waals surface area contributed by atoms with E-state index in [1.807, 2.05) is 0 Å². The lowest BCUT2D eigenvalue weighted by molar-refractivity contribution is -0.141. The number of carbonyl (C=O) groups excluding carboxylic acids is 1. The van der Waals surface area contributed by atoms with Gasteiger partial charge in [0, 0.05) is 6.54 Å². The molecule has 0 spiro atoms. The molecule has 0 aliphatic carbocycles. The predicted octanol–water partition coefficient (Wildman–Crippen LogP) is 2.99. The maximum atomic E-state index is 12.4. The van der Waals surface area contributed by atoms with Crippen molar-refractivity contribution in [2.75, 3.05) is 18.8 Å². The van der Waals surface area contributed by atoms with Crippen LogP contribution in [0, 0.1) is 5.92 Å². The molecule has 0 unspecified atom stereocenters. The molecule has 1 rings (SSSR count). The fourth-order valence-corrected chi connectivity index (χ4v) is 2.30. The Morgan fingerprint density at radius 1 is 1.50 bits per heavy atom. The molecule has 0 radical (unpaired) electrons. The first-order valence-electron chi connectivity index (χ1n) is 5.39. The van der Waals surface area contributed by atoms with Crippen LogP contribution in [0.3, 0.4) is 0 Å². The quantitative estimate of drug-likeness (QED) is 0.921. The highest BCUT2D eigenvalue weighted by atomic mass is 32.1. The Bertz CT molecular complexity index is 415. The second kappa shape index (κ2) is 5.60. The van der Waals surface area contributed by atoms with Gasteiger partial charge in [0.15, 0.2) is 0 Å². The summed E-state index contributed by atoms with van der Waals surface area (Å²) in [6, 6.07) is 1.51. The molecule has 1 heterocycles. The molecule has 18 heavy (non-hydrogen) atoms. The molecule has 0 atom stereocenters. The van der Waals surface area contributed by atoms with Gasteiger partial charge in [-0.2, -0.15) is 13.2 Å². The third-order valence-electron chi connectivity index (χ3n) is 2.13. The molecule has 0 aromatic carbocycles. The van der Waals surface area contributed by atoms with Crippen molar-refractivity contribution in [3.63, 3.8) is 0 Å². The van der Waals surface area contributed by atoms with E-state index in [9.17, 15) is 18.0 Å². The molecule has 2 N–H and O–H groups in total. The number of halogens is 3. The summed E-state index contributed by atoms with van der Waals surface area (Å²) in [4.78, 5) is 13.0. The third kappa shape index (κ3) is 4.21. The summed E-state index contributed by atoms with van der Waals surface area (Å²) in [5.74, 6) is -0.703. The number of nitrogens with two attached hydrogens (primary N) is 1. The number of carbonyl (C=O) groups is 1. The van der Waals surface area contributed by atoms with Gasteiger partial charge in [-0.1, -0.05) is 13.8 Å². The topological polar surface area (TPSA) is 46.3 Å². The van der Waals surface area contributed by atoms with Crippen molar-refractivity contribution in [2.24, 2.45) is 5.92 Å². The number of anilines is 1. The summed E-state index contributed by atoms with van der Waals surface area (Å²) in [5, 5.41) is 1.59. The lowest BCUT2D eigenvalue weighted by Crippen LogP contribution is -2.41. The highest BCUT2D eigenvalue weighted by Crippen LogP contribution is 2.24. The smallest absolute Gasteiger partial charge is 0.397 e. The van der Waals surface area contributed by atoms with E-state index in [1.54, 1.807) is 19.2 Å². The normalized spacial score (nSPS) is 11.9. The van der Waals surface area contributed by atoms with Gasteiger partial charge in [-0.05, 0) is 17.4 Å². The highest BCUT2D eigenvalue weighted by Gasteiger charge is 2.34. The van der Waals surface area contributed by atoms with Gasteiger partial charge >= 0.3 is 6.18 Å². The molecular weight excluding hydrogens is 265 g/mol. The summed E-state index contributed by atoms with van der Waals surface area (Å²) < 4.78 is 37.3. The number of thiophene rings is 1. The first-order chi connectivity index (χ1) is 8.20. The van der Waals surface area contributed by atoms with Gasteiger partial charge in [0.05, 0.1) is 5.69 Å². The second-order valence-electron chi connectivity index (χ2n) is 4.40. The molecular formula is C11H15F3N2OS. The zero-order valence-electron chi connectivity index (χ0n) is 10.1. The first-order valence-corrected chi connectivity index (χ1v) is 6.27. The zero-order chi connectivity index (χ0) is 13.9. The van der Waals surface area contributed by atoms with Crippen molar-refractivity contribution in [1.29, 1.82) is 0 Å². The van der Waals surface area contributed by atoms with E-state index < -0.39 is 18.6 Å². The minimum atomic E-state index is -4.41. The Balaban J connectivity index is 2.89. The van der Waals surface area contributed by atoms with Crippen LogP contribution in [0.4, 0.5) is 18.9 Å². The predicted molar refractivity (Wildman–Crippen MR) is 65.5 cm³/mol. The van der Waals surface area contributed by atoms with Gasteiger partial charge in [0.2, 0.25) is 0 Å². The molecule has 102 valence electrons. The average molecular weight is 280 g/mol. The summed E-state index contributed by atoms with van der Waals surface area (Å²) in [6.07, 6.45) is -4.41. The number of rotatable bonds is 4. The molecule has 7 heteroatoms. The lowest BCUT2D eigenvalue weighted by atomic mass is 10.2. The van der Waals surface area contributed by atoms with Gasteiger partial charge in [0.25, 0.3) is 5.91 Å². The molecule has 1 amide bonds. The molecule has 0 fully saturated rings. The summed E-state index contributed by atoms with van der Waals surface area (Å²) in [6.45, 7) is 2.32. The van der Waals surface area contributed by atoms with Crippen molar-refractivity contribution < 1.29 is 18.0 Å². The van der Waals surface area contributed by atoms with Crippen LogP contribution in [0.15, 0.2) is 11.4 Å². The van der Waals surface area contributed by atoms with Gasteiger partial charge in [-0.25, -0.2) is 0 Å². The van der Waals surface area contributed by atoms with E-state index in [2.05, 4.69) is 0 Å². The van der Waals surface area contributed by atoms with Crippen LogP contribution < -0.4 is 5.73 Å². The van der Waals surface area contributed by atoms with Crippen molar-refractivity contribution in [3.05, 3.63) is 16.3 Å². The number of hydrogen-bond donors (Lipinski definition) is 1. The Labute approximate surface area is 107 Å². The molecule has 0 saturated carbocycles. The van der Waals surface area contributed by atoms with E-state index in [-0.39, 0.29) is 23.0 Å². The minimum Gasteiger partial charge on any atom is -0.397 e. The van der Waals surface area contributed by atoms with E-state index in [1.165, 1.54) is 6.07 Å². The molecule has 1 aromatic rings. The Morgan fingerprint density at radius 3 is 2.50 bits per heavy atom. The average Bonchev–Trinajstić information content (AvgIpc) is 2.59. The summed E-state index contributed by atoms with van der Waals surface area (Å²) in [7, 11) is 0. The Kier molecular flexibility index (Phi) is 4.61. The van der Waals surface area contributed by atoms with Crippen LogP contribution in [0.2, 0.25) is 0 Å². The number of hydrogen-bond acceptors (Lipinski definition) is 3. The van der Waals surface area contributed by atoms with E-state index in [4.69, 9.17) is 5.73 Å². The number of alkyl halides is 3. The number of amides is 1. The fraction of sp³-hybridized carbons (Fsp3) is 0.545. The maximum Gasteiger partial charge on any atom is 0.406 e. The van der Waals surface area contributed by atoms with Crippen LogP contribution in [0.25, 0.3) is 0 Å². The van der Waals surface area contributed by atoms with Crippen LogP contribution in [0.5, 0.6) is 0 Å². The minimum absolute atomic E-state index is 0.0440. The highest BCUT2D eigenvalue weighted by molar-refractivity contribution is 7.12. The van der Waals surface area contributed by atoms with Crippen molar-refractivity contribution in [3.8, 4) is 0 Å². The van der Waals surface area contributed by atoms with Crippen molar-refractivity contribution in [2.45, 2.75) is 20.0 Å². The van der Waals surface area contributed by atoms with Crippen LogP contribution in [-0.2, 0) is 0 Å². The summed E-state index contributed by atoms with van der Waals surface area (Å²) in [5.41, 5.74) is 5.78. The maximum absolute atomic E-state index is 12.4. The zero-order valence-corrected chi connectivity index (χ0v) is 10.9. The van der Waals surface area contributed by atoms with Crippen LogP contribution in [-0.4, -0.2) is 30.1 Å². The lowest BCUT2D eigenvalue weighted by Gasteiger charge is -2.25. The first kappa shape index (κ1) is 14.8. The fourth-order valence-electron chi connectivity index (χ4n) is 1.51. The van der Waals surface area contributed by atoms with Crippen LogP contribution >= 0.6 is 11.3 Å². The van der Waals surface area contributed by atoms with E-state index >= 15 is 0 Å². The van der Waals surface area contributed by atoms with Crippen molar-refractivity contribution in [1.82, 2.24) is 4.90 Å². The Hall–Kier alpha value is -1.24. The number of nitrogens with zero attached hydrogens (tertiary/aromatic N) is 1. The van der Waals surface area contributed by atoms with Crippen LogP contribution in [0.1, 0.15) is 23.5 Å². The van der Waals surface area contributed by atoms with Gasteiger partial charge < -0.3 is 10.6 Å². The molecule has 3 nitrogen and oxygen atoms in total. The monoisotopic (exact) mass is 280 g/mol. The molecule has 0 aliphatic heterocycles. The number of nitrogen functional groups attached to an aromatic ring is 1. The van der Waals surface area contributed by atoms with Gasteiger partial charge in [0.1, 0.15) is 11.4 Å². The third-order valence-corrected chi connectivity index (χ3v) is 3.05. The van der Waals surface area contributed by atoms with E-state index in [0.29, 0.717) is 0 Å². The standard InChI is InChI=1S/C11H15F3N2OS/c1-7(2)5-16(6-11(12,13)14)10(17)9-8(15)3-4-18-9/h3-4,7H,5-6,15H2,1-2H3. The van der Waals surface area contributed by atoms with Crippen molar-refractivity contribution >= 4 is 22.9 Å². The Morgan fingerprint density at radius 2 is 2.11 bits per heavy atom. The summed E-state index contributed by atoms with van der Waals surface area (Å²) >= 11 is 1.06. The molecule has 1 aromatic heterocycles. The van der Waals surface area contributed by atoms with Gasteiger partial charge in [-0.15, -0.1) is 11.3 Å².